The van der Waals surface area contributed by atoms with Crippen molar-refractivity contribution in [2.45, 2.75) is 51.1 Å². The standard InChI is InChI=1S/C21H27NO/c1-3-23-21-11-7-10-18(15-21)16(2)22-20-13-12-19(14-20)17-8-5-4-6-9-17/h4-11,15-16,19-20,22H,3,12-14H2,1-2H3/t16-,19-,20+/m1/s1. The summed E-state index contributed by atoms with van der Waals surface area (Å²) >= 11 is 0. The average molecular weight is 309 g/mol. The van der Waals surface area contributed by atoms with E-state index >= 15 is 0 Å². The van der Waals surface area contributed by atoms with E-state index in [1.165, 1.54) is 30.4 Å². The van der Waals surface area contributed by atoms with E-state index in [1.807, 2.05) is 13.0 Å². The summed E-state index contributed by atoms with van der Waals surface area (Å²) in [5.74, 6) is 1.67. The zero-order chi connectivity index (χ0) is 16.1. The molecule has 0 radical (unpaired) electrons. The fourth-order valence-electron chi connectivity index (χ4n) is 3.65. The normalized spacial score (nSPS) is 22.0. The Hall–Kier alpha value is -1.80. The Morgan fingerprint density at radius 2 is 1.91 bits per heavy atom. The molecule has 1 saturated carbocycles. The molecular weight excluding hydrogens is 282 g/mol. The molecule has 2 heteroatoms. The van der Waals surface area contributed by atoms with Gasteiger partial charge in [0.1, 0.15) is 5.75 Å². The first-order valence-corrected chi connectivity index (χ1v) is 8.80. The maximum atomic E-state index is 5.61. The van der Waals surface area contributed by atoms with Gasteiger partial charge in [-0.25, -0.2) is 0 Å². The van der Waals surface area contributed by atoms with Gasteiger partial charge in [-0.1, -0.05) is 42.5 Å². The molecule has 0 unspecified atom stereocenters. The van der Waals surface area contributed by atoms with Crippen molar-refractivity contribution in [1.82, 2.24) is 5.32 Å². The summed E-state index contributed by atoms with van der Waals surface area (Å²) < 4.78 is 5.61. The van der Waals surface area contributed by atoms with Crippen LogP contribution in [0.2, 0.25) is 0 Å². The highest BCUT2D eigenvalue weighted by Gasteiger charge is 2.26. The Morgan fingerprint density at radius 1 is 1.09 bits per heavy atom. The van der Waals surface area contributed by atoms with Crippen LogP contribution in [-0.2, 0) is 0 Å². The van der Waals surface area contributed by atoms with Crippen molar-refractivity contribution >= 4 is 0 Å². The quantitative estimate of drug-likeness (QED) is 0.804. The molecule has 0 bridgehead atoms. The molecule has 0 aliphatic heterocycles. The van der Waals surface area contributed by atoms with E-state index in [4.69, 9.17) is 4.74 Å². The van der Waals surface area contributed by atoms with Gasteiger partial charge in [-0.2, -0.15) is 0 Å². The van der Waals surface area contributed by atoms with Gasteiger partial charge in [0.2, 0.25) is 0 Å². The minimum Gasteiger partial charge on any atom is -0.494 e. The molecule has 0 saturated heterocycles. The van der Waals surface area contributed by atoms with E-state index in [2.05, 4.69) is 60.8 Å². The second-order valence-corrected chi connectivity index (χ2v) is 6.51. The topological polar surface area (TPSA) is 21.3 Å². The van der Waals surface area contributed by atoms with Gasteiger partial charge < -0.3 is 10.1 Å². The summed E-state index contributed by atoms with van der Waals surface area (Å²) in [4.78, 5) is 0. The molecule has 0 amide bonds. The molecule has 2 aromatic rings. The van der Waals surface area contributed by atoms with E-state index in [0.717, 1.165) is 5.75 Å². The van der Waals surface area contributed by atoms with Crippen LogP contribution in [0.15, 0.2) is 54.6 Å². The molecule has 0 aromatic heterocycles. The summed E-state index contributed by atoms with van der Waals surface area (Å²) in [7, 11) is 0. The highest BCUT2D eigenvalue weighted by Crippen LogP contribution is 2.35. The van der Waals surface area contributed by atoms with Crippen molar-refractivity contribution in [3.8, 4) is 5.75 Å². The van der Waals surface area contributed by atoms with E-state index in [1.54, 1.807) is 0 Å². The Bertz CT molecular complexity index is 610. The molecule has 1 aliphatic rings. The second kappa shape index (κ2) is 7.65. The first-order valence-electron chi connectivity index (χ1n) is 8.80. The molecule has 1 N–H and O–H groups in total. The second-order valence-electron chi connectivity index (χ2n) is 6.51. The molecule has 1 aliphatic carbocycles. The Balaban J connectivity index is 1.58. The lowest BCUT2D eigenvalue weighted by Gasteiger charge is -2.21. The maximum Gasteiger partial charge on any atom is 0.119 e. The van der Waals surface area contributed by atoms with Crippen LogP contribution in [0.3, 0.4) is 0 Å². The lowest BCUT2D eigenvalue weighted by atomic mass is 9.97. The van der Waals surface area contributed by atoms with Gasteiger partial charge in [-0.15, -0.1) is 0 Å². The van der Waals surface area contributed by atoms with Crippen molar-refractivity contribution in [2.75, 3.05) is 6.61 Å². The Labute approximate surface area is 139 Å². The van der Waals surface area contributed by atoms with Gasteiger partial charge in [0.15, 0.2) is 0 Å². The van der Waals surface area contributed by atoms with Crippen molar-refractivity contribution < 1.29 is 4.74 Å². The van der Waals surface area contributed by atoms with Crippen LogP contribution in [0.5, 0.6) is 5.75 Å². The molecular formula is C21H27NO. The lowest BCUT2D eigenvalue weighted by Crippen LogP contribution is -2.29. The first-order chi connectivity index (χ1) is 11.3. The van der Waals surface area contributed by atoms with Crippen LogP contribution in [0.4, 0.5) is 0 Å². The summed E-state index contributed by atoms with van der Waals surface area (Å²) in [5.41, 5.74) is 2.79. The van der Waals surface area contributed by atoms with Crippen LogP contribution in [-0.4, -0.2) is 12.6 Å². The van der Waals surface area contributed by atoms with Crippen molar-refractivity contribution in [1.29, 1.82) is 0 Å². The van der Waals surface area contributed by atoms with Gasteiger partial charge in [0.25, 0.3) is 0 Å². The number of hydrogen-bond acceptors (Lipinski definition) is 2. The highest BCUT2D eigenvalue weighted by molar-refractivity contribution is 5.30. The molecule has 2 aromatic carbocycles. The molecule has 23 heavy (non-hydrogen) atoms. The Kier molecular flexibility index (Phi) is 5.35. The van der Waals surface area contributed by atoms with Crippen LogP contribution in [0.1, 0.15) is 56.2 Å². The number of hydrogen-bond donors (Lipinski definition) is 1. The molecule has 3 rings (SSSR count). The summed E-state index contributed by atoms with van der Waals surface area (Å²) in [6.07, 6.45) is 3.78. The van der Waals surface area contributed by atoms with Crippen molar-refractivity contribution in [3.05, 3.63) is 65.7 Å². The molecule has 122 valence electrons. The first kappa shape index (κ1) is 16.1. The average Bonchev–Trinajstić information content (AvgIpc) is 3.05. The highest BCUT2D eigenvalue weighted by atomic mass is 16.5. The molecule has 0 heterocycles. The molecule has 0 spiro atoms. The summed E-state index contributed by atoms with van der Waals surface area (Å²) in [5, 5.41) is 3.81. The SMILES string of the molecule is CCOc1cccc([C@@H](C)N[C@H]2CC[C@@H](c3ccccc3)C2)c1. The van der Waals surface area contributed by atoms with Gasteiger partial charge >= 0.3 is 0 Å². The largest absolute Gasteiger partial charge is 0.494 e. The van der Waals surface area contributed by atoms with Gasteiger partial charge in [0, 0.05) is 12.1 Å². The van der Waals surface area contributed by atoms with Crippen LogP contribution < -0.4 is 10.1 Å². The maximum absolute atomic E-state index is 5.61. The monoisotopic (exact) mass is 309 g/mol. The minimum atomic E-state index is 0.356. The zero-order valence-electron chi connectivity index (χ0n) is 14.2. The third kappa shape index (κ3) is 4.14. The van der Waals surface area contributed by atoms with Gasteiger partial charge in [-0.3, -0.25) is 0 Å². The van der Waals surface area contributed by atoms with E-state index in [-0.39, 0.29) is 0 Å². The molecule has 1 fully saturated rings. The third-order valence-electron chi connectivity index (χ3n) is 4.86. The van der Waals surface area contributed by atoms with Crippen LogP contribution >= 0.6 is 0 Å². The van der Waals surface area contributed by atoms with E-state index in [0.29, 0.717) is 24.6 Å². The number of benzene rings is 2. The van der Waals surface area contributed by atoms with Crippen molar-refractivity contribution in [2.24, 2.45) is 0 Å². The summed E-state index contributed by atoms with van der Waals surface area (Å²) in [6, 6.07) is 20.3. The summed E-state index contributed by atoms with van der Waals surface area (Å²) in [6.45, 7) is 4.99. The third-order valence-corrected chi connectivity index (χ3v) is 4.86. The lowest BCUT2D eigenvalue weighted by molar-refractivity contribution is 0.339. The number of rotatable bonds is 6. The number of nitrogens with one attached hydrogen (secondary N) is 1. The van der Waals surface area contributed by atoms with Gasteiger partial charge in [-0.05, 0) is 62.3 Å². The minimum absolute atomic E-state index is 0.356. The number of ether oxygens (including phenoxy) is 1. The zero-order valence-corrected chi connectivity index (χ0v) is 14.2. The Morgan fingerprint density at radius 3 is 2.70 bits per heavy atom. The van der Waals surface area contributed by atoms with Crippen LogP contribution in [0.25, 0.3) is 0 Å². The fourth-order valence-corrected chi connectivity index (χ4v) is 3.65. The van der Waals surface area contributed by atoms with Crippen LogP contribution in [0, 0.1) is 0 Å². The molecule has 2 nitrogen and oxygen atoms in total. The molecule has 3 atom stereocenters. The smallest absolute Gasteiger partial charge is 0.119 e. The predicted molar refractivity (Wildman–Crippen MR) is 96.0 cm³/mol. The van der Waals surface area contributed by atoms with E-state index in [9.17, 15) is 0 Å². The van der Waals surface area contributed by atoms with Gasteiger partial charge in [0.05, 0.1) is 6.61 Å². The van der Waals surface area contributed by atoms with Crippen molar-refractivity contribution in [3.63, 3.8) is 0 Å². The predicted octanol–water partition coefficient (Wildman–Crippen LogP) is 5.07. The van der Waals surface area contributed by atoms with E-state index < -0.39 is 0 Å². The fraction of sp³-hybridized carbons (Fsp3) is 0.429.